The second-order valence-corrected chi connectivity index (χ2v) is 5.75. The molecule has 2 nitrogen and oxygen atoms in total. The number of nitrogens with one attached hydrogen (secondary N) is 1. The number of phenols is 1. The molecule has 0 aliphatic rings. The number of benzene rings is 2. The smallest absolute Gasteiger partial charge is 0.142 e. The van der Waals surface area contributed by atoms with Crippen molar-refractivity contribution >= 4 is 23.2 Å². The van der Waals surface area contributed by atoms with Crippen LogP contribution in [0.3, 0.4) is 0 Å². The van der Waals surface area contributed by atoms with Gasteiger partial charge in [0.25, 0.3) is 0 Å². The van der Waals surface area contributed by atoms with Gasteiger partial charge in [-0.05, 0) is 43.7 Å². The first kappa shape index (κ1) is 16.1. The molecule has 0 aliphatic heterocycles. The van der Waals surface area contributed by atoms with Gasteiger partial charge in [0.05, 0.1) is 5.02 Å². The van der Waals surface area contributed by atoms with Gasteiger partial charge in [-0.15, -0.1) is 0 Å². The molecule has 0 heterocycles. The van der Waals surface area contributed by atoms with Crippen molar-refractivity contribution in [1.29, 1.82) is 0 Å². The van der Waals surface area contributed by atoms with Crippen LogP contribution in [0.4, 0.5) is 4.39 Å². The summed E-state index contributed by atoms with van der Waals surface area (Å²) in [6.07, 6.45) is 0. The van der Waals surface area contributed by atoms with E-state index in [1.54, 1.807) is 18.2 Å². The predicted molar refractivity (Wildman–Crippen MR) is 84.5 cm³/mol. The summed E-state index contributed by atoms with van der Waals surface area (Å²) < 4.78 is 13.6. The van der Waals surface area contributed by atoms with Crippen LogP contribution in [0.1, 0.15) is 37.1 Å². The minimum Gasteiger partial charge on any atom is -0.508 e. The fraction of sp³-hybridized carbons (Fsp3) is 0.250. The minimum absolute atomic E-state index is 0.0330. The van der Waals surface area contributed by atoms with Crippen molar-refractivity contribution < 1.29 is 9.50 Å². The van der Waals surface area contributed by atoms with Crippen molar-refractivity contribution in [2.75, 3.05) is 0 Å². The van der Waals surface area contributed by atoms with E-state index in [9.17, 15) is 9.50 Å². The van der Waals surface area contributed by atoms with Gasteiger partial charge in [0.1, 0.15) is 11.6 Å². The highest BCUT2D eigenvalue weighted by molar-refractivity contribution is 6.36. The van der Waals surface area contributed by atoms with Crippen molar-refractivity contribution in [3.8, 4) is 5.75 Å². The van der Waals surface area contributed by atoms with Gasteiger partial charge in [0, 0.05) is 22.7 Å². The first-order chi connectivity index (χ1) is 9.90. The van der Waals surface area contributed by atoms with E-state index in [1.165, 1.54) is 12.1 Å². The topological polar surface area (TPSA) is 32.3 Å². The molecule has 0 radical (unpaired) electrons. The Morgan fingerprint density at radius 1 is 1.10 bits per heavy atom. The van der Waals surface area contributed by atoms with Gasteiger partial charge in [-0.1, -0.05) is 35.3 Å². The number of hydrogen-bond acceptors (Lipinski definition) is 2. The van der Waals surface area contributed by atoms with E-state index in [2.05, 4.69) is 5.32 Å². The zero-order valence-electron chi connectivity index (χ0n) is 11.7. The van der Waals surface area contributed by atoms with Crippen molar-refractivity contribution in [3.63, 3.8) is 0 Å². The predicted octanol–water partition coefficient (Wildman–Crippen LogP) is 5.25. The van der Waals surface area contributed by atoms with Gasteiger partial charge < -0.3 is 10.4 Å². The number of halogens is 3. The third-order valence-electron chi connectivity index (χ3n) is 3.38. The third-order valence-corrected chi connectivity index (χ3v) is 4.10. The van der Waals surface area contributed by atoms with Gasteiger partial charge in [-0.25, -0.2) is 4.39 Å². The SMILES string of the molecule is CC(NC(C)c1c(Cl)ccc(F)c1Cl)c1cccc(O)c1. The Hall–Kier alpha value is -1.29. The molecule has 0 saturated carbocycles. The second-order valence-electron chi connectivity index (χ2n) is 4.96. The fourth-order valence-corrected chi connectivity index (χ4v) is 2.99. The highest BCUT2D eigenvalue weighted by atomic mass is 35.5. The molecule has 2 aromatic rings. The van der Waals surface area contributed by atoms with Crippen LogP contribution < -0.4 is 5.32 Å². The first-order valence-corrected chi connectivity index (χ1v) is 7.34. The van der Waals surface area contributed by atoms with Gasteiger partial charge in [-0.3, -0.25) is 0 Å². The third kappa shape index (κ3) is 3.67. The molecular weight excluding hydrogens is 312 g/mol. The lowest BCUT2D eigenvalue weighted by Gasteiger charge is -2.22. The molecule has 0 aliphatic carbocycles. The van der Waals surface area contributed by atoms with Gasteiger partial charge in [-0.2, -0.15) is 0 Å². The fourth-order valence-electron chi connectivity index (χ4n) is 2.29. The van der Waals surface area contributed by atoms with Gasteiger partial charge in [0.2, 0.25) is 0 Å². The molecule has 0 fully saturated rings. The highest BCUT2D eigenvalue weighted by Gasteiger charge is 2.19. The summed E-state index contributed by atoms with van der Waals surface area (Å²) >= 11 is 12.1. The molecule has 0 aromatic heterocycles. The van der Waals surface area contributed by atoms with E-state index < -0.39 is 5.82 Å². The second kappa shape index (κ2) is 6.65. The van der Waals surface area contributed by atoms with Crippen LogP contribution in [-0.4, -0.2) is 5.11 Å². The lowest BCUT2D eigenvalue weighted by Crippen LogP contribution is -2.23. The largest absolute Gasteiger partial charge is 0.508 e. The highest BCUT2D eigenvalue weighted by Crippen LogP contribution is 2.33. The Morgan fingerprint density at radius 2 is 1.81 bits per heavy atom. The van der Waals surface area contributed by atoms with Crippen LogP contribution >= 0.6 is 23.2 Å². The summed E-state index contributed by atoms with van der Waals surface area (Å²) in [6.45, 7) is 3.82. The van der Waals surface area contributed by atoms with E-state index in [1.807, 2.05) is 19.9 Å². The Kier molecular flexibility index (Phi) is 5.09. The summed E-state index contributed by atoms with van der Waals surface area (Å²) in [5.41, 5.74) is 1.45. The van der Waals surface area contributed by atoms with Crippen LogP contribution in [0.5, 0.6) is 5.75 Å². The van der Waals surface area contributed by atoms with Crippen LogP contribution in [0, 0.1) is 5.82 Å². The van der Waals surface area contributed by atoms with Crippen LogP contribution in [0.25, 0.3) is 0 Å². The maximum absolute atomic E-state index is 13.6. The van der Waals surface area contributed by atoms with Gasteiger partial charge in [0.15, 0.2) is 0 Å². The maximum atomic E-state index is 13.6. The van der Waals surface area contributed by atoms with E-state index in [4.69, 9.17) is 23.2 Å². The number of phenolic OH excluding ortho intramolecular Hbond substituents is 1. The van der Waals surface area contributed by atoms with Crippen molar-refractivity contribution in [3.05, 3.63) is 63.4 Å². The molecule has 21 heavy (non-hydrogen) atoms. The first-order valence-electron chi connectivity index (χ1n) is 6.58. The molecule has 112 valence electrons. The summed E-state index contributed by atoms with van der Waals surface area (Å²) in [5.74, 6) is -0.287. The Bertz CT molecular complexity index is 648. The van der Waals surface area contributed by atoms with Crippen molar-refractivity contribution in [1.82, 2.24) is 5.32 Å². The average Bonchev–Trinajstić information content (AvgIpc) is 2.43. The monoisotopic (exact) mass is 327 g/mol. The Labute approximate surface area is 133 Å². The number of rotatable bonds is 4. The van der Waals surface area contributed by atoms with Crippen LogP contribution in [-0.2, 0) is 0 Å². The molecular formula is C16H16Cl2FNO. The molecule has 2 N–H and O–H groups in total. The molecule has 0 bridgehead atoms. The molecule has 0 spiro atoms. The molecule has 5 heteroatoms. The Morgan fingerprint density at radius 3 is 2.48 bits per heavy atom. The Balaban J connectivity index is 2.22. The minimum atomic E-state index is -0.491. The molecule has 2 rings (SSSR count). The number of aromatic hydroxyl groups is 1. The normalized spacial score (nSPS) is 14.0. The number of hydrogen-bond donors (Lipinski definition) is 2. The summed E-state index contributed by atoms with van der Waals surface area (Å²) in [7, 11) is 0. The molecule has 2 unspecified atom stereocenters. The molecule has 0 saturated heterocycles. The van der Waals surface area contributed by atoms with Crippen molar-refractivity contribution in [2.24, 2.45) is 0 Å². The summed E-state index contributed by atoms with van der Waals surface area (Å²) in [5, 5.41) is 13.3. The maximum Gasteiger partial charge on any atom is 0.142 e. The average molecular weight is 328 g/mol. The summed E-state index contributed by atoms with van der Waals surface area (Å²) in [6, 6.07) is 9.42. The van der Waals surface area contributed by atoms with E-state index in [0.29, 0.717) is 10.6 Å². The molecule has 2 aromatic carbocycles. The zero-order valence-corrected chi connectivity index (χ0v) is 13.2. The lowest BCUT2D eigenvalue weighted by atomic mass is 10.0. The molecule has 2 atom stereocenters. The van der Waals surface area contributed by atoms with Crippen LogP contribution in [0.2, 0.25) is 10.0 Å². The van der Waals surface area contributed by atoms with E-state index in [-0.39, 0.29) is 22.9 Å². The van der Waals surface area contributed by atoms with Gasteiger partial charge >= 0.3 is 0 Å². The molecule has 0 amide bonds. The van der Waals surface area contributed by atoms with E-state index >= 15 is 0 Å². The van der Waals surface area contributed by atoms with E-state index in [0.717, 1.165) is 5.56 Å². The zero-order chi connectivity index (χ0) is 15.6. The standard InChI is InChI=1S/C16H16Cl2FNO/c1-9(11-4-3-5-12(21)8-11)20-10(2)15-13(17)6-7-14(19)16(15)18/h3-10,20-21H,1-2H3. The van der Waals surface area contributed by atoms with Crippen LogP contribution in [0.15, 0.2) is 36.4 Å². The van der Waals surface area contributed by atoms with Crippen molar-refractivity contribution in [2.45, 2.75) is 25.9 Å². The summed E-state index contributed by atoms with van der Waals surface area (Å²) in [4.78, 5) is 0. The quantitative estimate of drug-likeness (QED) is 0.751. The lowest BCUT2D eigenvalue weighted by molar-refractivity contribution is 0.466.